The Labute approximate surface area is 195 Å². The fraction of sp³-hybridized carbons (Fsp3) is 0.625. The number of imide groups is 1. The number of benzene rings is 1. The first-order valence-corrected chi connectivity index (χ1v) is 11.0. The molecule has 3 amide bonds. The van der Waals surface area contributed by atoms with E-state index in [1.54, 1.807) is 41.5 Å². The number of hydrogen-bond donors (Lipinski definition) is 0. The van der Waals surface area contributed by atoms with Crippen molar-refractivity contribution in [2.75, 3.05) is 20.2 Å². The molecule has 1 aromatic rings. The third-order valence-electron chi connectivity index (χ3n) is 4.80. The Morgan fingerprint density at radius 3 is 2.00 bits per heavy atom. The first kappa shape index (κ1) is 26.4. The maximum absolute atomic E-state index is 13.0. The van der Waals surface area contributed by atoms with Crippen LogP contribution >= 0.6 is 0 Å². The Morgan fingerprint density at radius 1 is 0.970 bits per heavy atom. The predicted octanol–water partition coefficient (Wildman–Crippen LogP) is 4.58. The van der Waals surface area contributed by atoms with E-state index in [1.807, 2.05) is 30.3 Å². The Hall–Kier alpha value is -2.81. The van der Waals surface area contributed by atoms with Gasteiger partial charge in [-0.3, -0.25) is 0 Å². The molecule has 1 aliphatic rings. The van der Waals surface area contributed by atoms with Crippen LogP contribution in [0.1, 0.15) is 53.5 Å². The van der Waals surface area contributed by atoms with Gasteiger partial charge < -0.3 is 23.8 Å². The van der Waals surface area contributed by atoms with Crippen molar-refractivity contribution < 1.29 is 33.3 Å². The molecule has 9 nitrogen and oxygen atoms in total. The number of ether oxygens (including phenoxy) is 4. The molecule has 1 fully saturated rings. The summed E-state index contributed by atoms with van der Waals surface area (Å²) in [6.07, 6.45) is -2.34. The molecule has 0 saturated carbocycles. The molecule has 0 bridgehead atoms. The molecule has 0 radical (unpaired) electrons. The van der Waals surface area contributed by atoms with Gasteiger partial charge in [0.05, 0.1) is 12.1 Å². The second-order valence-electron chi connectivity index (χ2n) is 9.95. The van der Waals surface area contributed by atoms with Gasteiger partial charge in [0.1, 0.15) is 17.8 Å². The van der Waals surface area contributed by atoms with Crippen molar-refractivity contribution >= 4 is 18.3 Å². The van der Waals surface area contributed by atoms with Gasteiger partial charge >= 0.3 is 18.3 Å². The average Bonchev–Trinajstić information content (AvgIpc) is 2.70. The molecule has 0 aromatic heterocycles. The lowest BCUT2D eigenvalue weighted by Crippen LogP contribution is -2.61. The van der Waals surface area contributed by atoms with Crippen LogP contribution in [0.3, 0.4) is 0 Å². The molecule has 1 aliphatic heterocycles. The predicted molar refractivity (Wildman–Crippen MR) is 122 cm³/mol. The second-order valence-corrected chi connectivity index (χ2v) is 9.95. The third kappa shape index (κ3) is 8.24. The summed E-state index contributed by atoms with van der Waals surface area (Å²) in [5.41, 5.74) is -0.801. The normalized spacial score (nSPS) is 18.9. The number of rotatable bonds is 4. The standard InChI is InChI=1S/C24H36N2O7/c1-23(2,3)32-21(28)26(22(29)33-24(4,5)6)18-15-25(14-13-19(18)30-7)20(27)31-16-17-11-9-8-10-12-17/h8-12,18-19H,13-16H2,1-7H3. The smallest absolute Gasteiger partial charge is 0.420 e. The number of likely N-dealkylation sites (tertiary alicyclic amines) is 1. The summed E-state index contributed by atoms with van der Waals surface area (Å²) >= 11 is 0. The zero-order chi connectivity index (χ0) is 24.8. The molecule has 1 heterocycles. The molecule has 0 spiro atoms. The molecule has 2 unspecified atom stereocenters. The van der Waals surface area contributed by atoms with E-state index in [0.29, 0.717) is 13.0 Å². The van der Waals surface area contributed by atoms with E-state index in [1.165, 1.54) is 12.0 Å². The van der Waals surface area contributed by atoms with Crippen LogP contribution in [0.2, 0.25) is 0 Å². The largest absolute Gasteiger partial charge is 0.445 e. The number of carbonyl (C=O) groups excluding carboxylic acids is 3. The zero-order valence-electron chi connectivity index (χ0n) is 20.6. The van der Waals surface area contributed by atoms with Crippen molar-refractivity contribution in [3.05, 3.63) is 35.9 Å². The number of nitrogens with zero attached hydrogens (tertiary/aromatic N) is 2. The second kappa shape index (κ2) is 10.9. The van der Waals surface area contributed by atoms with E-state index in [-0.39, 0.29) is 13.2 Å². The number of piperidine rings is 1. The monoisotopic (exact) mass is 464 g/mol. The zero-order valence-corrected chi connectivity index (χ0v) is 20.6. The summed E-state index contributed by atoms with van der Waals surface area (Å²) < 4.78 is 22.0. The van der Waals surface area contributed by atoms with Gasteiger partial charge in [-0.15, -0.1) is 0 Å². The Kier molecular flexibility index (Phi) is 8.71. The highest BCUT2D eigenvalue weighted by atomic mass is 16.6. The van der Waals surface area contributed by atoms with Gasteiger partial charge in [0.15, 0.2) is 0 Å². The van der Waals surface area contributed by atoms with E-state index in [4.69, 9.17) is 18.9 Å². The maximum atomic E-state index is 13.0. The van der Waals surface area contributed by atoms with Crippen LogP contribution in [0.4, 0.5) is 14.4 Å². The molecular weight excluding hydrogens is 428 g/mol. The Balaban J connectivity index is 2.22. The van der Waals surface area contributed by atoms with Gasteiger partial charge in [0.25, 0.3) is 0 Å². The lowest BCUT2D eigenvalue weighted by Gasteiger charge is -2.42. The van der Waals surface area contributed by atoms with Crippen molar-refractivity contribution in [3.63, 3.8) is 0 Å². The van der Waals surface area contributed by atoms with Crippen molar-refractivity contribution in [1.29, 1.82) is 0 Å². The molecule has 1 saturated heterocycles. The maximum Gasteiger partial charge on any atom is 0.420 e. The van der Waals surface area contributed by atoms with E-state index >= 15 is 0 Å². The molecular formula is C24H36N2O7. The first-order chi connectivity index (χ1) is 15.3. The van der Waals surface area contributed by atoms with Crippen molar-refractivity contribution in [2.24, 2.45) is 0 Å². The van der Waals surface area contributed by atoms with Crippen LogP contribution in [0, 0.1) is 0 Å². The minimum Gasteiger partial charge on any atom is -0.445 e. The van der Waals surface area contributed by atoms with Gasteiger partial charge in [-0.2, -0.15) is 0 Å². The molecule has 2 rings (SSSR count). The minimum absolute atomic E-state index is 0.0324. The van der Waals surface area contributed by atoms with Crippen molar-refractivity contribution in [1.82, 2.24) is 9.80 Å². The van der Waals surface area contributed by atoms with E-state index < -0.39 is 41.6 Å². The lowest BCUT2D eigenvalue weighted by atomic mass is 10.0. The summed E-state index contributed by atoms with van der Waals surface area (Å²) in [7, 11) is 1.50. The van der Waals surface area contributed by atoms with Crippen LogP contribution in [-0.4, -0.2) is 71.6 Å². The number of amides is 3. The number of methoxy groups -OCH3 is 1. The highest BCUT2D eigenvalue weighted by Gasteiger charge is 2.44. The van der Waals surface area contributed by atoms with Gasteiger partial charge in [0.2, 0.25) is 0 Å². The average molecular weight is 465 g/mol. The Morgan fingerprint density at radius 2 is 1.52 bits per heavy atom. The molecule has 33 heavy (non-hydrogen) atoms. The van der Waals surface area contributed by atoms with E-state index in [2.05, 4.69) is 0 Å². The SMILES string of the molecule is COC1CCN(C(=O)OCc2ccccc2)CC1N(C(=O)OC(C)(C)C)C(=O)OC(C)(C)C. The fourth-order valence-corrected chi connectivity index (χ4v) is 3.38. The van der Waals surface area contributed by atoms with Gasteiger partial charge in [0, 0.05) is 20.2 Å². The minimum atomic E-state index is -0.858. The topological polar surface area (TPSA) is 94.6 Å². The summed E-state index contributed by atoms with van der Waals surface area (Å²) in [6.45, 7) is 10.8. The summed E-state index contributed by atoms with van der Waals surface area (Å²) in [5.74, 6) is 0. The van der Waals surface area contributed by atoms with Crippen LogP contribution < -0.4 is 0 Å². The molecule has 1 aromatic carbocycles. The molecule has 184 valence electrons. The summed E-state index contributed by atoms with van der Waals surface area (Å²) in [4.78, 5) is 41.2. The summed E-state index contributed by atoms with van der Waals surface area (Å²) in [5, 5.41) is 0. The third-order valence-corrected chi connectivity index (χ3v) is 4.80. The number of hydrogen-bond acceptors (Lipinski definition) is 7. The van der Waals surface area contributed by atoms with Gasteiger partial charge in [-0.25, -0.2) is 19.3 Å². The highest BCUT2D eigenvalue weighted by molar-refractivity contribution is 5.89. The van der Waals surface area contributed by atoms with Gasteiger partial charge in [-0.05, 0) is 53.5 Å². The van der Waals surface area contributed by atoms with Crippen LogP contribution in [0.5, 0.6) is 0 Å². The van der Waals surface area contributed by atoms with Crippen molar-refractivity contribution in [3.8, 4) is 0 Å². The first-order valence-electron chi connectivity index (χ1n) is 11.0. The van der Waals surface area contributed by atoms with Crippen LogP contribution in [-0.2, 0) is 25.6 Å². The fourth-order valence-electron chi connectivity index (χ4n) is 3.38. The van der Waals surface area contributed by atoms with Crippen LogP contribution in [0.25, 0.3) is 0 Å². The van der Waals surface area contributed by atoms with Crippen molar-refractivity contribution in [2.45, 2.75) is 77.9 Å². The number of carbonyl (C=O) groups is 3. The molecule has 2 atom stereocenters. The molecule has 0 N–H and O–H groups in total. The Bertz CT molecular complexity index is 786. The van der Waals surface area contributed by atoms with E-state index in [9.17, 15) is 14.4 Å². The quantitative estimate of drug-likeness (QED) is 0.602. The molecule has 9 heteroatoms. The van der Waals surface area contributed by atoms with E-state index in [0.717, 1.165) is 10.5 Å². The lowest BCUT2D eigenvalue weighted by molar-refractivity contribution is -0.0535. The molecule has 0 aliphatic carbocycles. The summed E-state index contributed by atoms with van der Waals surface area (Å²) in [6, 6.07) is 8.52. The van der Waals surface area contributed by atoms with Crippen LogP contribution in [0.15, 0.2) is 30.3 Å². The highest BCUT2D eigenvalue weighted by Crippen LogP contribution is 2.24. The van der Waals surface area contributed by atoms with Gasteiger partial charge in [-0.1, -0.05) is 30.3 Å².